The van der Waals surface area contributed by atoms with Gasteiger partial charge in [0.25, 0.3) is 0 Å². The summed E-state index contributed by atoms with van der Waals surface area (Å²) < 4.78 is 0. The largest absolute Gasteiger partial charge is 0.326 e. The van der Waals surface area contributed by atoms with E-state index < -0.39 is 0 Å². The molecule has 0 saturated heterocycles. The monoisotopic (exact) mass is 237 g/mol. The normalized spacial score (nSPS) is 17.8. The summed E-state index contributed by atoms with van der Waals surface area (Å²) >= 11 is 5.74. The van der Waals surface area contributed by atoms with Crippen molar-refractivity contribution < 1.29 is 4.79 Å². The van der Waals surface area contributed by atoms with Gasteiger partial charge in [0.2, 0.25) is 5.91 Å². The number of amides is 1. The van der Waals surface area contributed by atoms with Crippen LogP contribution in [0.1, 0.15) is 31.4 Å². The molecule has 2 rings (SSSR count). The van der Waals surface area contributed by atoms with Crippen molar-refractivity contribution in [1.29, 1.82) is 0 Å². The van der Waals surface area contributed by atoms with E-state index in [4.69, 9.17) is 11.6 Å². The molecule has 2 nitrogen and oxygen atoms in total. The Labute approximate surface area is 101 Å². The molecule has 0 bridgehead atoms. The highest BCUT2D eigenvalue weighted by Crippen LogP contribution is 2.37. The lowest BCUT2D eigenvalue weighted by Gasteiger charge is -2.32. The molecule has 1 aromatic rings. The van der Waals surface area contributed by atoms with Crippen LogP contribution in [0.3, 0.4) is 0 Å². The first-order valence-corrected chi connectivity index (χ1v) is 6.05. The van der Waals surface area contributed by atoms with Crippen LogP contribution in [0.2, 0.25) is 0 Å². The summed E-state index contributed by atoms with van der Waals surface area (Å²) in [4.78, 5) is 11.5. The van der Waals surface area contributed by atoms with Crippen LogP contribution in [0, 0.1) is 0 Å². The molecular weight excluding hydrogens is 222 g/mol. The van der Waals surface area contributed by atoms with Crippen LogP contribution in [0.15, 0.2) is 18.2 Å². The molecule has 1 aromatic carbocycles. The molecule has 0 spiro atoms. The summed E-state index contributed by atoms with van der Waals surface area (Å²) in [6, 6.07) is 6.18. The lowest BCUT2D eigenvalue weighted by atomic mass is 9.77. The van der Waals surface area contributed by atoms with E-state index in [1.165, 1.54) is 11.1 Å². The van der Waals surface area contributed by atoms with Gasteiger partial charge >= 0.3 is 0 Å². The van der Waals surface area contributed by atoms with E-state index in [9.17, 15) is 4.79 Å². The minimum atomic E-state index is -0.0833. The van der Waals surface area contributed by atoms with E-state index in [1.54, 1.807) is 0 Å². The number of fused-ring (bicyclic) bond motifs is 1. The van der Waals surface area contributed by atoms with Gasteiger partial charge in [0, 0.05) is 23.4 Å². The topological polar surface area (TPSA) is 29.1 Å². The van der Waals surface area contributed by atoms with Gasteiger partial charge < -0.3 is 5.32 Å². The minimum Gasteiger partial charge on any atom is -0.326 e. The van der Waals surface area contributed by atoms with Crippen LogP contribution in [-0.4, -0.2) is 11.8 Å². The Morgan fingerprint density at radius 2 is 2.19 bits per heavy atom. The number of halogens is 1. The van der Waals surface area contributed by atoms with Crippen molar-refractivity contribution in [1.82, 2.24) is 0 Å². The van der Waals surface area contributed by atoms with Crippen molar-refractivity contribution in [3.05, 3.63) is 29.3 Å². The smallest absolute Gasteiger partial charge is 0.225 e. The molecule has 3 heteroatoms. The fourth-order valence-corrected chi connectivity index (χ4v) is 2.43. The second kappa shape index (κ2) is 4.10. The maximum atomic E-state index is 11.5. The van der Waals surface area contributed by atoms with E-state index in [1.807, 2.05) is 12.1 Å². The van der Waals surface area contributed by atoms with Crippen molar-refractivity contribution in [2.45, 2.75) is 32.1 Å². The lowest BCUT2D eigenvalue weighted by molar-refractivity contribution is -0.117. The predicted octanol–water partition coefficient (Wildman–Crippen LogP) is 3.09. The van der Waals surface area contributed by atoms with Crippen LogP contribution < -0.4 is 5.32 Å². The first kappa shape index (κ1) is 11.5. The molecule has 1 aliphatic heterocycles. The van der Waals surface area contributed by atoms with E-state index >= 15 is 0 Å². The molecule has 0 aliphatic carbocycles. The second-order valence-electron chi connectivity index (χ2n) is 4.93. The minimum absolute atomic E-state index is 0.0833. The molecule has 0 unspecified atom stereocenters. The Hall–Kier alpha value is -1.02. The van der Waals surface area contributed by atoms with Crippen molar-refractivity contribution in [2.75, 3.05) is 11.2 Å². The Balaban J connectivity index is 2.44. The molecule has 0 aromatic heterocycles. The number of carbonyl (C=O) groups is 1. The number of hydrogen-bond donors (Lipinski definition) is 1. The third-order valence-electron chi connectivity index (χ3n) is 3.07. The maximum Gasteiger partial charge on any atom is 0.225 e. The Kier molecular flexibility index (Phi) is 2.94. The van der Waals surface area contributed by atoms with Gasteiger partial charge in [-0.15, -0.1) is 11.6 Å². The molecule has 1 aliphatic rings. The van der Waals surface area contributed by atoms with Gasteiger partial charge in [-0.2, -0.15) is 0 Å². The summed E-state index contributed by atoms with van der Waals surface area (Å²) in [6.45, 7) is 4.21. The molecular formula is C13H16ClNO. The van der Waals surface area contributed by atoms with Crippen LogP contribution in [-0.2, 0) is 16.6 Å². The molecule has 0 radical (unpaired) electrons. The van der Waals surface area contributed by atoms with E-state index in [-0.39, 0.29) is 11.3 Å². The average Bonchev–Trinajstić information content (AvgIpc) is 2.18. The van der Waals surface area contributed by atoms with Gasteiger partial charge in [0.1, 0.15) is 0 Å². The predicted molar refractivity (Wildman–Crippen MR) is 67.1 cm³/mol. The first-order valence-electron chi connectivity index (χ1n) is 5.52. The Bertz CT molecular complexity index is 426. The van der Waals surface area contributed by atoms with Gasteiger partial charge in [-0.3, -0.25) is 4.79 Å². The number of carbonyl (C=O) groups excluding carboxylic acids is 1. The summed E-state index contributed by atoms with van der Waals surface area (Å²) in [6.07, 6.45) is 1.42. The van der Waals surface area contributed by atoms with Crippen LogP contribution >= 0.6 is 11.6 Å². The van der Waals surface area contributed by atoms with E-state index in [2.05, 4.69) is 25.2 Å². The zero-order valence-electron chi connectivity index (χ0n) is 9.64. The molecule has 1 heterocycles. The van der Waals surface area contributed by atoms with Crippen LogP contribution in [0.5, 0.6) is 0 Å². The highest BCUT2D eigenvalue weighted by molar-refractivity contribution is 6.18. The van der Waals surface area contributed by atoms with Gasteiger partial charge in [0.15, 0.2) is 0 Å². The molecule has 86 valence electrons. The highest BCUT2D eigenvalue weighted by atomic mass is 35.5. The quantitative estimate of drug-likeness (QED) is 0.787. The molecule has 0 saturated carbocycles. The first-order chi connectivity index (χ1) is 7.53. The summed E-state index contributed by atoms with van der Waals surface area (Å²) in [5.41, 5.74) is 3.31. The number of hydrogen-bond acceptors (Lipinski definition) is 1. The fourth-order valence-electron chi connectivity index (χ4n) is 2.22. The fraction of sp³-hybridized carbons (Fsp3) is 0.462. The SMILES string of the molecule is CC1(C)CC(=O)Nc2ccc(CCCl)cc21. The maximum absolute atomic E-state index is 11.5. The van der Waals surface area contributed by atoms with Crippen molar-refractivity contribution in [2.24, 2.45) is 0 Å². The number of aryl methyl sites for hydroxylation is 1. The standard InChI is InChI=1S/C13H16ClNO/c1-13(2)8-12(16)15-11-4-3-9(5-6-14)7-10(11)13/h3-4,7H,5-6,8H2,1-2H3,(H,15,16). The molecule has 16 heavy (non-hydrogen) atoms. The molecule has 1 N–H and O–H groups in total. The van der Waals surface area contributed by atoms with Crippen molar-refractivity contribution >= 4 is 23.2 Å². The number of nitrogens with one attached hydrogen (secondary N) is 1. The molecule has 0 atom stereocenters. The number of benzene rings is 1. The Morgan fingerprint density at radius 3 is 2.88 bits per heavy atom. The van der Waals surface area contributed by atoms with E-state index in [0.29, 0.717) is 12.3 Å². The third-order valence-corrected chi connectivity index (χ3v) is 3.26. The van der Waals surface area contributed by atoms with Crippen LogP contribution in [0.25, 0.3) is 0 Å². The Morgan fingerprint density at radius 1 is 1.44 bits per heavy atom. The van der Waals surface area contributed by atoms with Crippen LogP contribution in [0.4, 0.5) is 5.69 Å². The van der Waals surface area contributed by atoms with Gasteiger partial charge in [-0.25, -0.2) is 0 Å². The second-order valence-corrected chi connectivity index (χ2v) is 5.31. The van der Waals surface area contributed by atoms with Gasteiger partial charge in [-0.1, -0.05) is 26.0 Å². The number of rotatable bonds is 2. The highest BCUT2D eigenvalue weighted by Gasteiger charge is 2.31. The summed E-state index contributed by atoms with van der Waals surface area (Å²) in [7, 11) is 0. The van der Waals surface area contributed by atoms with Crippen molar-refractivity contribution in [3.63, 3.8) is 0 Å². The summed E-state index contributed by atoms with van der Waals surface area (Å²) in [5.74, 6) is 0.730. The third kappa shape index (κ3) is 2.07. The summed E-state index contributed by atoms with van der Waals surface area (Å²) in [5, 5.41) is 2.91. The van der Waals surface area contributed by atoms with E-state index in [0.717, 1.165) is 12.1 Å². The molecule has 1 amide bonds. The zero-order valence-corrected chi connectivity index (χ0v) is 10.4. The number of alkyl halides is 1. The number of anilines is 1. The van der Waals surface area contributed by atoms with Gasteiger partial charge in [0.05, 0.1) is 0 Å². The van der Waals surface area contributed by atoms with Crippen molar-refractivity contribution in [3.8, 4) is 0 Å². The molecule has 0 fully saturated rings. The lowest BCUT2D eigenvalue weighted by Crippen LogP contribution is -2.32. The average molecular weight is 238 g/mol. The zero-order chi connectivity index (χ0) is 11.8. The van der Waals surface area contributed by atoms with Gasteiger partial charge in [-0.05, 0) is 23.6 Å².